The van der Waals surface area contributed by atoms with Crippen molar-refractivity contribution >= 4 is 43.6 Å². The number of hydrogen-bond donors (Lipinski definition) is 0. The maximum absolute atomic E-state index is 5.20. The Morgan fingerprint density at radius 3 is 1.37 bits per heavy atom. The van der Waals surface area contributed by atoms with E-state index in [9.17, 15) is 0 Å². The van der Waals surface area contributed by atoms with Gasteiger partial charge in [-0.05, 0) is 72.1 Å². The Kier molecular flexibility index (Phi) is 6.68. The summed E-state index contributed by atoms with van der Waals surface area (Å²) in [5.41, 5.74) is 13.3. The molecule has 0 aliphatic carbocycles. The van der Waals surface area contributed by atoms with Gasteiger partial charge in [-0.2, -0.15) is 0 Å². The first-order chi connectivity index (χ1) is 25.2. The highest BCUT2D eigenvalue weighted by atomic mass is 15.2. The third-order valence-electron chi connectivity index (χ3n) is 10.1. The van der Waals surface area contributed by atoms with Crippen LogP contribution >= 0.6 is 0 Å². The van der Waals surface area contributed by atoms with Crippen molar-refractivity contribution in [2.45, 2.75) is 6.92 Å². The Bertz CT molecular complexity index is 2860. The molecular formula is C47H32N4. The van der Waals surface area contributed by atoms with Gasteiger partial charge in [-0.25, -0.2) is 9.97 Å². The second kappa shape index (κ2) is 11.7. The molecule has 0 atom stereocenters. The third-order valence-corrected chi connectivity index (χ3v) is 10.1. The van der Waals surface area contributed by atoms with Crippen LogP contribution in [0, 0.1) is 6.92 Å². The number of aryl methyl sites for hydroxylation is 1. The van der Waals surface area contributed by atoms with Gasteiger partial charge in [0.2, 0.25) is 5.95 Å². The van der Waals surface area contributed by atoms with E-state index in [-0.39, 0.29) is 0 Å². The second-order valence-electron chi connectivity index (χ2n) is 13.1. The molecule has 51 heavy (non-hydrogen) atoms. The van der Waals surface area contributed by atoms with Crippen LogP contribution in [0.3, 0.4) is 0 Å². The summed E-state index contributed by atoms with van der Waals surface area (Å²) in [6.45, 7) is 2.18. The topological polar surface area (TPSA) is 35.6 Å². The average Bonchev–Trinajstić information content (AvgIpc) is 3.71. The van der Waals surface area contributed by atoms with Gasteiger partial charge in [0, 0.05) is 38.4 Å². The SMILES string of the molecule is Cc1ccccc1-n1c2ccccc2c2cc(-c3ccc4c(c3)c3ccccc3n4-c3nc(-c4ccccc4)cc(-c4ccccc4)n3)ccc21. The number of para-hydroxylation sites is 3. The first-order valence-corrected chi connectivity index (χ1v) is 17.3. The molecule has 240 valence electrons. The molecule has 0 bridgehead atoms. The van der Waals surface area contributed by atoms with Gasteiger partial charge in [0.25, 0.3) is 0 Å². The predicted octanol–water partition coefficient (Wildman–Crippen LogP) is 12.0. The summed E-state index contributed by atoms with van der Waals surface area (Å²) in [5, 5.41) is 4.83. The van der Waals surface area contributed by atoms with E-state index in [2.05, 4.69) is 180 Å². The van der Waals surface area contributed by atoms with Crippen molar-refractivity contribution in [2.24, 2.45) is 0 Å². The quantitative estimate of drug-likeness (QED) is 0.185. The third kappa shape index (κ3) is 4.76. The van der Waals surface area contributed by atoms with E-state index >= 15 is 0 Å². The molecule has 10 rings (SSSR count). The molecule has 10 aromatic rings. The van der Waals surface area contributed by atoms with Crippen LogP contribution < -0.4 is 0 Å². The van der Waals surface area contributed by atoms with E-state index < -0.39 is 0 Å². The van der Waals surface area contributed by atoms with Gasteiger partial charge >= 0.3 is 0 Å². The second-order valence-corrected chi connectivity index (χ2v) is 13.1. The highest BCUT2D eigenvalue weighted by molar-refractivity contribution is 6.12. The van der Waals surface area contributed by atoms with E-state index in [0.29, 0.717) is 5.95 Å². The van der Waals surface area contributed by atoms with E-state index in [1.54, 1.807) is 0 Å². The minimum Gasteiger partial charge on any atom is -0.309 e. The van der Waals surface area contributed by atoms with E-state index in [4.69, 9.17) is 9.97 Å². The van der Waals surface area contributed by atoms with Crippen LogP contribution in [0.15, 0.2) is 176 Å². The molecule has 3 aromatic heterocycles. The van der Waals surface area contributed by atoms with E-state index in [0.717, 1.165) is 33.5 Å². The predicted molar refractivity (Wildman–Crippen MR) is 212 cm³/mol. The first kappa shape index (κ1) is 29.2. The lowest BCUT2D eigenvalue weighted by atomic mass is 10.0. The molecule has 0 aliphatic rings. The van der Waals surface area contributed by atoms with Gasteiger partial charge in [-0.15, -0.1) is 0 Å². The lowest BCUT2D eigenvalue weighted by Gasteiger charge is -2.12. The lowest BCUT2D eigenvalue weighted by molar-refractivity contribution is 0.995. The zero-order valence-corrected chi connectivity index (χ0v) is 28.0. The zero-order valence-electron chi connectivity index (χ0n) is 28.0. The van der Waals surface area contributed by atoms with Crippen molar-refractivity contribution in [3.63, 3.8) is 0 Å². The van der Waals surface area contributed by atoms with Crippen LogP contribution in [-0.2, 0) is 0 Å². The number of fused-ring (bicyclic) bond motifs is 6. The number of rotatable bonds is 5. The van der Waals surface area contributed by atoms with Crippen LogP contribution in [0.1, 0.15) is 5.56 Å². The molecule has 4 heteroatoms. The molecule has 0 saturated heterocycles. The summed E-state index contributed by atoms with van der Waals surface area (Å²) in [6.07, 6.45) is 0. The van der Waals surface area contributed by atoms with Crippen LogP contribution in [0.5, 0.6) is 0 Å². The van der Waals surface area contributed by atoms with Crippen LogP contribution in [-0.4, -0.2) is 19.1 Å². The van der Waals surface area contributed by atoms with Crippen molar-refractivity contribution in [1.29, 1.82) is 0 Å². The summed E-state index contributed by atoms with van der Waals surface area (Å²) in [7, 11) is 0. The van der Waals surface area contributed by atoms with Crippen molar-refractivity contribution in [3.05, 3.63) is 181 Å². The summed E-state index contributed by atoms with van der Waals surface area (Å²) >= 11 is 0. The molecule has 0 aliphatic heterocycles. The highest BCUT2D eigenvalue weighted by Gasteiger charge is 2.19. The van der Waals surface area contributed by atoms with E-state index in [1.807, 2.05) is 12.1 Å². The Hall–Kier alpha value is -6.78. The van der Waals surface area contributed by atoms with Crippen molar-refractivity contribution in [1.82, 2.24) is 19.1 Å². The molecule has 4 nitrogen and oxygen atoms in total. The van der Waals surface area contributed by atoms with Crippen LogP contribution in [0.2, 0.25) is 0 Å². The van der Waals surface area contributed by atoms with Gasteiger partial charge in [0.1, 0.15) is 0 Å². The maximum Gasteiger partial charge on any atom is 0.235 e. The molecule has 0 fully saturated rings. The molecule has 7 aromatic carbocycles. The summed E-state index contributed by atoms with van der Waals surface area (Å²) in [6, 6.07) is 62.4. The monoisotopic (exact) mass is 652 g/mol. The smallest absolute Gasteiger partial charge is 0.235 e. The molecule has 0 spiro atoms. The summed E-state index contributed by atoms with van der Waals surface area (Å²) in [4.78, 5) is 10.4. The van der Waals surface area contributed by atoms with Gasteiger partial charge in [0.15, 0.2) is 0 Å². The summed E-state index contributed by atoms with van der Waals surface area (Å²) < 4.78 is 4.61. The molecule has 0 radical (unpaired) electrons. The lowest BCUT2D eigenvalue weighted by Crippen LogP contribution is -2.03. The number of benzene rings is 7. The molecule has 0 unspecified atom stereocenters. The van der Waals surface area contributed by atoms with Crippen molar-refractivity contribution in [2.75, 3.05) is 0 Å². The van der Waals surface area contributed by atoms with Crippen molar-refractivity contribution in [3.8, 4) is 45.3 Å². The van der Waals surface area contributed by atoms with Gasteiger partial charge < -0.3 is 4.57 Å². The molecular weight excluding hydrogens is 621 g/mol. The standard InChI is InChI=1S/C47H32N4/c1-31-14-8-11-21-42(31)50-43-22-12-9-19-36(43)38-28-34(24-26-45(38)50)35-25-27-46-39(29-35)37-20-10-13-23-44(37)51(46)47-48-40(32-15-4-2-5-16-32)30-41(49-47)33-17-6-3-7-18-33/h2-30H,1H3. The largest absolute Gasteiger partial charge is 0.309 e. The minimum absolute atomic E-state index is 0.652. The average molecular weight is 653 g/mol. The Labute approximate surface area is 295 Å². The number of nitrogens with zero attached hydrogens (tertiary/aromatic N) is 4. The van der Waals surface area contributed by atoms with Crippen LogP contribution in [0.4, 0.5) is 0 Å². The van der Waals surface area contributed by atoms with Gasteiger partial charge in [-0.1, -0.05) is 127 Å². The Balaban J connectivity index is 1.17. The van der Waals surface area contributed by atoms with Crippen molar-refractivity contribution < 1.29 is 0 Å². The van der Waals surface area contributed by atoms with Crippen LogP contribution in [0.25, 0.3) is 88.9 Å². The van der Waals surface area contributed by atoms with E-state index in [1.165, 1.54) is 55.0 Å². The molecule has 0 saturated carbocycles. The normalized spacial score (nSPS) is 11.6. The Morgan fingerprint density at radius 1 is 0.353 bits per heavy atom. The zero-order chi connectivity index (χ0) is 33.9. The molecule has 0 amide bonds. The fraction of sp³-hybridized carbons (Fsp3) is 0.0213. The minimum atomic E-state index is 0.652. The fourth-order valence-electron chi connectivity index (χ4n) is 7.64. The number of hydrogen-bond acceptors (Lipinski definition) is 2. The first-order valence-electron chi connectivity index (χ1n) is 17.3. The fourth-order valence-corrected chi connectivity index (χ4v) is 7.64. The number of aromatic nitrogens is 4. The highest BCUT2D eigenvalue weighted by Crippen LogP contribution is 2.38. The molecule has 3 heterocycles. The van der Waals surface area contributed by atoms with Gasteiger partial charge in [-0.3, -0.25) is 4.57 Å². The Morgan fingerprint density at radius 2 is 0.804 bits per heavy atom. The van der Waals surface area contributed by atoms with Gasteiger partial charge in [0.05, 0.1) is 33.5 Å². The maximum atomic E-state index is 5.20. The molecule has 0 N–H and O–H groups in total. The summed E-state index contributed by atoms with van der Waals surface area (Å²) in [5.74, 6) is 0.652.